The summed E-state index contributed by atoms with van der Waals surface area (Å²) < 4.78 is 17.0. The summed E-state index contributed by atoms with van der Waals surface area (Å²) in [7, 11) is 1.47. The van der Waals surface area contributed by atoms with Crippen LogP contribution in [0.4, 0.5) is 0 Å². The van der Waals surface area contributed by atoms with E-state index in [2.05, 4.69) is 5.32 Å². The van der Waals surface area contributed by atoms with E-state index in [1.165, 1.54) is 24.5 Å². The van der Waals surface area contributed by atoms with Gasteiger partial charge in [-0.3, -0.25) is 9.59 Å². The molecule has 2 aliphatic rings. The molecule has 0 saturated carbocycles. The van der Waals surface area contributed by atoms with Crippen molar-refractivity contribution in [1.29, 1.82) is 0 Å². The number of ether oxygens (including phenoxy) is 2. The number of nitrogens with zero attached hydrogens (tertiary/aromatic N) is 1. The van der Waals surface area contributed by atoms with Crippen LogP contribution >= 0.6 is 0 Å². The maximum absolute atomic E-state index is 13.8. The summed E-state index contributed by atoms with van der Waals surface area (Å²) in [5, 5.41) is 33.6. The highest BCUT2D eigenvalue weighted by Crippen LogP contribution is 2.51. The Bertz CT molecular complexity index is 1370. The highest BCUT2D eigenvalue weighted by molar-refractivity contribution is 5.96. The third-order valence-corrected chi connectivity index (χ3v) is 7.31. The van der Waals surface area contributed by atoms with E-state index >= 15 is 0 Å². The van der Waals surface area contributed by atoms with Gasteiger partial charge in [0.25, 0.3) is 0 Å². The number of carbonyl (C=O) groups excluding carboxylic acids is 2. The number of fused-ring (bicyclic) bond motifs is 3. The molecule has 1 aliphatic carbocycles. The van der Waals surface area contributed by atoms with Crippen LogP contribution in [0.3, 0.4) is 0 Å². The first-order chi connectivity index (χ1) is 19.4. The molecule has 0 fully saturated rings. The molecule has 1 aliphatic heterocycles. The first-order valence-electron chi connectivity index (χ1n) is 13.1. The minimum absolute atomic E-state index is 0.0279. The number of methoxy groups -OCH3 is 1. The van der Waals surface area contributed by atoms with Crippen LogP contribution in [0.5, 0.6) is 11.5 Å². The number of hydrogen-bond acceptors (Lipinski definition) is 8. The monoisotopic (exact) mass is 548 g/mol. The summed E-state index contributed by atoms with van der Waals surface area (Å²) >= 11 is 0. The second-order valence-electron chi connectivity index (χ2n) is 9.83. The standard InChI is InChI=1S/C30H32N2O8/c1-38-24-12-20(16-34)11-21-26-22(30(37)31-8-9-33)14-23(27(36)29(26)40-28(21)24)32(15-19-7-10-39-17-19)25(35)13-18-5-3-2-4-6-18/h2-7,10-12,14,17,23,26-27,29,33-34,36H,8-9,13,15-16H2,1H3,(H,31,37). The number of aliphatic hydroxyl groups is 3. The zero-order valence-corrected chi connectivity index (χ0v) is 22.0. The highest BCUT2D eigenvalue weighted by atomic mass is 16.5. The molecular formula is C30H32N2O8. The van der Waals surface area contributed by atoms with Crippen molar-refractivity contribution in [3.05, 3.63) is 95.0 Å². The quantitative estimate of drug-likeness (QED) is 0.300. The normalized spacial score (nSPS) is 21.1. The van der Waals surface area contributed by atoms with E-state index in [1.807, 2.05) is 30.3 Å². The van der Waals surface area contributed by atoms with Gasteiger partial charge in [0, 0.05) is 29.8 Å². The summed E-state index contributed by atoms with van der Waals surface area (Å²) in [5.41, 5.74) is 2.97. The zero-order valence-electron chi connectivity index (χ0n) is 22.0. The lowest BCUT2D eigenvalue weighted by molar-refractivity contribution is -0.137. The Labute approximate surface area is 231 Å². The lowest BCUT2D eigenvalue weighted by Crippen LogP contribution is -2.55. The molecule has 0 bridgehead atoms. The lowest BCUT2D eigenvalue weighted by atomic mass is 9.77. The lowest BCUT2D eigenvalue weighted by Gasteiger charge is -2.40. The molecule has 0 radical (unpaired) electrons. The van der Waals surface area contributed by atoms with Gasteiger partial charge < -0.3 is 39.4 Å². The van der Waals surface area contributed by atoms with Crippen molar-refractivity contribution in [1.82, 2.24) is 10.2 Å². The van der Waals surface area contributed by atoms with Crippen LogP contribution in [0.25, 0.3) is 0 Å². The molecule has 3 aromatic rings. The summed E-state index contributed by atoms with van der Waals surface area (Å²) in [5.74, 6) is -0.667. The molecule has 2 heterocycles. The van der Waals surface area contributed by atoms with Crippen molar-refractivity contribution >= 4 is 11.8 Å². The van der Waals surface area contributed by atoms with Crippen LogP contribution in [-0.2, 0) is 29.2 Å². The molecule has 5 rings (SSSR count). The maximum Gasteiger partial charge on any atom is 0.247 e. The summed E-state index contributed by atoms with van der Waals surface area (Å²) in [4.78, 5) is 28.7. The molecule has 40 heavy (non-hydrogen) atoms. The first kappa shape index (κ1) is 27.4. The molecule has 4 unspecified atom stereocenters. The average Bonchev–Trinajstić information content (AvgIpc) is 3.63. The van der Waals surface area contributed by atoms with Crippen molar-refractivity contribution < 1.29 is 38.8 Å². The predicted octanol–water partition coefficient (Wildman–Crippen LogP) is 1.67. The molecular weight excluding hydrogens is 516 g/mol. The van der Waals surface area contributed by atoms with Gasteiger partial charge in [0.2, 0.25) is 11.8 Å². The van der Waals surface area contributed by atoms with Gasteiger partial charge in [-0.25, -0.2) is 0 Å². The third-order valence-electron chi connectivity index (χ3n) is 7.31. The van der Waals surface area contributed by atoms with E-state index in [-0.39, 0.29) is 44.2 Å². The molecule has 1 aromatic heterocycles. The zero-order chi connectivity index (χ0) is 28.2. The predicted molar refractivity (Wildman–Crippen MR) is 143 cm³/mol. The number of carbonyl (C=O) groups is 2. The van der Waals surface area contributed by atoms with Crippen LogP contribution in [-0.4, -0.2) is 70.5 Å². The van der Waals surface area contributed by atoms with Crippen molar-refractivity contribution in [3.8, 4) is 11.5 Å². The molecule has 2 amide bonds. The number of furan rings is 1. The Morgan fingerprint density at radius 3 is 2.55 bits per heavy atom. The van der Waals surface area contributed by atoms with Gasteiger partial charge >= 0.3 is 0 Å². The minimum atomic E-state index is -1.21. The molecule has 10 heteroatoms. The fraction of sp³-hybridized carbons (Fsp3) is 0.333. The Hall–Kier alpha value is -4.12. The largest absolute Gasteiger partial charge is 0.493 e. The van der Waals surface area contributed by atoms with E-state index < -0.39 is 30.1 Å². The second-order valence-corrected chi connectivity index (χ2v) is 9.83. The molecule has 10 nitrogen and oxygen atoms in total. The molecule has 2 aromatic carbocycles. The SMILES string of the molecule is COc1cc(CO)cc2c1OC1C2C(C(=O)NCCO)=CC(N(Cc2ccoc2)C(=O)Cc2ccccc2)C1O. The van der Waals surface area contributed by atoms with Crippen molar-refractivity contribution in [3.63, 3.8) is 0 Å². The van der Waals surface area contributed by atoms with Gasteiger partial charge in [-0.05, 0) is 35.4 Å². The number of rotatable bonds is 10. The van der Waals surface area contributed by atoms with Crippen LogP contribution < -0.4 is 14.8 Å². The molecule has 4 N–H and O–H groups in total. The van der Waals surface area contributed by atoms with Gasteiger partial charge in [-0.1, -0.05) is 30.3 Å². The average molecular weight is 549 g/mol. The summed E-state index contributed by atoms with van der Waals surface area (Å²) in [6.07, 6.45) is 2.61. The van der Waals surface area contributed by atoms with Crippen LogP contribution in [0, 0.1) is 0 Å². The number of nitrogens with one attached hydrogen (secondary N) is 1. The topological polar surface area (TPSA) is 142 Å². The fourth-order valence-electron chi connectivity index (χ4n) is 5.43. The van der Waals surface area contributed by atoms with E-state index in [9.17, 15) is 24.9 Å². The fourth-order valence-corrected chi connectivity index (χ4v) is 5.43. The van der Waals surface area contributed by atoms with Crippen molar-refractivity contribution in [2.45, 2.75) is 43.7 Å². The van der Waals surface area contributed by atoms with E-state index in [0.29, 0.717) is 22.6 Å². The van der Waals surface area contributed by atoms with Gasteiger partial charge in [0.15, 0.2) is 11.5 Å². The number of benzene rings is 2. The van der Waals surface area contributed by atoms with Crippen LogP contribution in [0.1, 0.15) is 28.2 Å². The number of aliphatic hydroxyl groups excluding tert-OH is 3. The van der Waals surface area contributed by atoms with Crippen molar-refractivity contribution in [2.24, 2.45) is 0 Å². The first-order valence-corrected chi connectivity index (χ1v) is 13.1. The Morgan fingerprint density at radius 2 is 1.88 bits per heavy atom. The molecule has 210 valence electrons. The Morgan fingerprint density at radius 1 is 1.07 bits per heavy atom. The minimum Gasteiger partial charge on any atom is -0.493 e. The smallest absolute Gasteiger partial charge is 0.247 e. The van der Waals surface area contributed by atoms with Gasteiger partial charge in [-0.15, -0.1) is 0 Å². The van der Waals surface area contributed by atoms with Crippen LogP contribution in [0.2, 0.25) is 0 Å². The summed E-state index contributed by atoms with van der Waals surface area (Å²) in [6, 6.07) is 13.5. The van der Waals surface area contributed by atoms with Gasteiger partial charge in [0.1, 0.15) is 12.2 Å². The summed E-state index contributed by atoms with van der Waals surface area (Å²) in [6.45, 7) is -0.347. The Kier molecular flexibility index (Phi) is 8.20. The third kappa shape index (κ3) is 5.33. The number of amides is 2. The maximum atomic E-state index is 13.8. The number of hydrogen-bond donors (Lipinski definition) is 4. The van der Waals surface area contributed by atoms with E-state index in [4.69, 9.17) is 13.9 Å². The van der Waals surface area contributed by atoms with Gasteiger partial charge in [0.05, 0.1) is 51.2 Å². The molecule has 0 saturated heterocycles. The van der Waals surface area contributed by atoms with E-state index in [0.717, 1.165) is 11.1 Å². The van der Waals surface area contributed by atoms with Crippen LogP contribution in [0.15, 0.2) is 77.1 Å². The Balaban J connectivity index is 1.58. The highest BCUT2D eigenvalue weighted by Gasteiger charge is 2.51. The molecule has 0 spiro atoms. The second kappa shape index (κ2) is 12.0. The van der Waals surface area contributed by atoms with E-state index in [1.54, 1.807) is 24.3 Å². The molecule has 4 atom stereocenters. The van der Waals surface area contributed by atoms with Gasteiger partial charge in [-0.2, -0.15) is 0 Å². The van der Waals surface area contributed by atoms with Crippen molar-refractivity contribution in [2.75, 3.05) is 20.3 Å².